The SMILES string of the molecule is CCc1cc(OC(C)(C)C)c(OC2CC2)cn1. The lowest BCUT2D eigenvalue weighted by Crippen LogP contribution is -2.23. The maximum absolute atomic E-state index is 5.94. The van der Waals surface area contributed by atoms with Crippen molar-refractivity contribution in [3.05, 3.63) is 18.0 Å². The molecule has 0 saturated heterocycles. The Kier molecular flexibility index (Phi) is 3.27. The molecular weight excluding hydrogens is 214 g/mol. The molecule has 0 spiro atoms. The Bertz CT molecular complexity index is 392. The smallest absolute Gasteiger partial charge is 0.179 e. The van der Waals surface area contributed by atoms with Crippen molar-refractivity contribution in [3.8, 4) is 11.5 Å². The predicted molar refractivity (Wildman–Crippen MR) is 67.6 cm³/mol. The summed E-state index contributed by atoms with van der Waals surface area (Å²) >= 11 is 0. The summed E-state index contributed by atoms with van der Waals surface area (Å²) in [4.78, 5) is 4.36. The minimum atomic E-state index is -0.214. The van der Waals surface area contributed by atoms with Gasteiger partial charge in [-0.1, -0.05) is 6.92 Å². The van der Waals surface area contributed by atoms with E-state index >= 15 is 0 Å². The Morgan fingerprint density at radius 1 is 1.29 bits per heavy atom. The Morgan fingerprint density at radius 2 is 2.00 bits per heavy atom. The molecule has 1 aliphatic carbocycles. The molecule has 1 fully saturated rings. The molecule has 0 aromatic carbocycles. The molecule has 94 valence electrons. The van der Waals surface area contributed by atoms with Gasteiger partial charge >= 0.3 is 0 Å². The topological polar surface area (TPSA) is 31.4 Å². The first-order chi connectivity index (χ1) is 7.98. The molecule has 0 unspecified atom stereocenters. The third-order valence-corrected chi connectivity index (χ3v) is 2.48. The van der Waals surface area contributed by atoms with Gasteiger partial charge in [0.1, 0.15) is 5.60 Å². The van der Waals surface area contributed by atoms with Crippen molar-refractivity contribution < 1.29 is 9.47 Å². The fourth-order valence-corrected chi connectivity index (χ4v) is 1.52. The van der Waals surface area contributed by atoms with Crippen LogP contribution < -0.4 is 9.47 Å². The van der Waals surface area contributed by atoms with Gasteiger partial charge < -0.3 is 9.47 Å². The monoisotopic (exact) mass is 235 g/mol. The van der Waals surface area contributed by atoms with Crippen LogP contribution in [0.1, 0.15) is 46.2 Å². The van der Waals surface area contributed by atoms with E-state index in [4.69, 9.17) is 9.47 Å². The number of aryl methyl sites for hydroxylation is 1. The Morgan fingerprint density at radius 3 is 2.53 bits per heavy atom. The summed E-state index contributed by atoms with van der Waals surface area (Å²) in [5.41, 5.74) is 0.820. The van der Waals surface area contributed by atoms with Crippen LogP contribution >= 0.6 is 0 Å². The lowest BCUT2D eigenvalue weighted by molar-refractivity contribution is 0.122. The molecule has 0 aliphatic heterocycles. The van der Waals surface area contributed by atoms with Crippen LogP contribution in [0.5, 0.6) is 11.5 Å². The first-order valence-corrected chi connectivity index (χ1v) is 6.32. The zero-order valence-electron chi connectivity index (χ0n) is 11.1. The lowest BCUT2D eigenvalue weighted by Gasteiger charge is -2.23. The van der Waals surface area contributed by atoms with Crippen LogP contribution in [0.3, 0.4) is 0 Å². The summed E-state index contributed by atoms with van der Waals surface area (Å²) in [6, 6.07) is 1.99. The summed E-state index contributed by atoms with van der Waals surface area (Å²) in [6.07, 6.45) is 5.35. The molecule has 3 heteroatoms. The van der Waals surface area contributed by atoms with E-state index in [1.807, 2.05) is 26.8 Å². The molecule has 1 heterocycles. The van der Waals surface area contributed by atoms with Crippen molar-refractivity contribution in [1.29, 1.82) is 0 Å². The Labute approximate surface area is 103 Å². The summed E-state index contributed by atoms with van der Waals surface area (Å²) < 4.78 is 11.8. The number of hydrogen-bond donors (Lipinski definition) is 0. The summed E-state index contributed by atoms with van der Waals surface area (Å²) in [5, 5.41) is 0. The fraction of sp³-hybridized carbons (Fsp3) is 0.643. The van der Waals surface area contributed by atoms with Crippen molar-refractivity contribution in [2.45, 2.75) is 58.7 Å². The molecule has 17 heavy (non-hydrogen) atoms. The minimum absolute atomic E-state index is 0.214. The van der Waals surface area contributed by atoms with Gasteiger partial charge in [-0.2, -0.15) is 0 Å². The van der Waals surface area contributed by atoms with Gasteiger partial charge in [-0.15, -0.1) is 0 Å². The van der Waals surface area contributed by atoms with Crippen LogP contribution in [0.15, 0.2) is 12.3 Å². The van der Waals surface area contributed by atoms with Crippen molar-refractivity contribution in [1.82, 2.24) is 4.98 Å². The molecule has 1 aromatic rings. The van der Waals surface area contributed by atoms with E-state index in [2.05, 4.69) is 11.9 Å². The highest BCUT2D eigenvalue weighted by Crippen LogP contribution is 2.35. The standard InChI is InChI=1S/C14H21NO2/c1-5-10-8-12(17-14(2,3)4)13(9-15-10)16-11-6-7-11/h8-9,11H,5-7H2,1-4H3. The molecule has 0 amide bonds. The normalized spacial score (nSPS) is 15.8. The number of nitrogens with zero attached hydrogens (tertiary/aromatic N) is 1. The van der Waals surface area contributed by atoms with E-state index in [0.717, 1.165) is 36.5 Å². The highest BCUT2D eigenvalue weighted by molar-refractivity contribution is 5.40. The number of rotatable bonds is 4. The molecule has 0 atom stereocenters. The third-order valence-electron chi connectivity index (χ3n) is 2.48. The van der Waals surface area contributed by atoms with Crippen LogP contribution in [-0.2, 0) is 6.42 Å². The summed E-state index contributed by atoms with van der Waals surface area (Å²) in [7, 11) is 0. The molecule has 0 N–H and O–H groups in total. The van der Waals surface area contributed by atoms with Crippen molar-refractivity contribution in [3.63, 3.8) is 0 Å². The maximum atomic E-state index is 5.94. The number of pyridine rings is 1. The number of aromatic nitrogens is 1. The number of hydrogen-bond acceptors (Lipinski definition) is 3. The second-order valence-corrected chi connectivity index (χ2v) is 5.51. The molecule has 1 aliphatic rings. The lowest BCUT2D eigenvalue weighted by atomic mass is 10.2. The van der Waals surface area contributed by atoms with Crippen molar-refractivity contribution in [2.24, 2.45) is 0 Å². The summed E-state index contributed by atoms with van der Waals surface area (Å²) in [5.74, 6) is 1.59. The molecule has 0 radical (unpaired) electrons. The van der Waals surface area contributed by atoms with E-state index in [1.165, 1.54) is 0 Å². The van der Waals surface area contributed by atoms with Crippen LogP contribution in [0.4, 0.5) is 0 Å². The van der Waals surface area contributed by atoms with Crippen LogP contribution in [0, 0.1) is 0 Å². The number of ether oxygens (including phenoxy) is 2. The van der Waals surface area contributed by atoms with Crippen molar-refractivity contribution >= 4 is 0 Å². The first-order valence-electron chi connectivity index (χ1n) is 6.32. The highest BCUT2D eigenvalue weighted by Gasteiger charge is 2.26. The zero-order chi connectivity index (χ0) is 12.5. The second kappa shape index (κ2) is 4.55. The zero-order valence-corrected chi connectivity index (χ0v) is 11.1. The van der Waals surface area contributed by atoms with Gasteiger partial charge in [0.25, 0.3) is 0 Å². The Balaban J connectivity index is 2.22. The largest absolute Gasteiger partial charge is 0.485 e. The molecule has 2 rings (SSSR count). The van der Waals surface area contributed by atoms with Gasteiger partial charge in [0.15, 0.2) is 11.5 Å². The summed E-state index contributed by atoms with van der Waals surface area (Å²) in [6.45, 7) is 8.21. The average Bonchev–Trinajstić information content (AvgIpc) is 3.02. The van der Waals surface area contributed by atoms with Crippen molar-refractivity contribution in [2.75, 3.05) is 0 Å². The van der Waals surface area contributed by atoms with Crippen LogP contribution in [0.2, 0.25) is 0 Å². The van der Waals surface area contributed by atoms with Crippen LogP contribution in [-0.4, -0.2) is 16.7 Å². The maximum Gasteiger partial charge on any atom is 0.179 e. The molecule has 1 aromatic heterocycles. The van der Waals surface area contributed by atoms with Gasteiger partial charge in [0.05, 0.1) is 12.3 Å². The van der Waals surface area contributed by atoms with Gasteiger partial charge in [-0.05, 0) is 40.0 Å². The first kappa shape index (κ1) is 12.2. The average molecular weight is 235 g/mol. The van der Waals surface area contributed by atoms with E-state index in [1.54, 1.807) is 6.20 Å². The minimum Gasteiger partial charge on any atom is -0.485 e. The predicted octanol–water partition coefficient (Wildman–Crippen LogP) is 3.36. The Hall–Kier alpha value is -1.25. The van der Waals surface area contributed by atoms with Gasteiger partial charge in [0.2, 0.25) is 0 Å². The quantitative estimate of drug-likeness (QED) is 0.802. The van der Waals surface area contributed by atoms with Gasteiger partial charge in [-0.25, -0.2) is 0 Å². The van der Waals surface area contributed by atoms with E-state index in [-0.39, 0.29) is 5.60 Å². The van der Waals surface area contributed by atoms with E-state index < -0.39 is 0 Å². The molecular formula is C14H21NO2. The highest BCUT2D eigenvalue weighted by atomic mass is 16.5. The second-order valence-electron chi connectivity index (χ2n) is 5.51. The molecule has 3 nitrogen and oxygen atoms in total. The third kappa shape index (κ3) is 3.62. The van der Waals surface area contributed by atoms with E-state index in [9.17, 15) is 0 Å². The fourth-order valence-electron chi connectivity index (χ4n) is 1.52. The molecule has 1 saturated carbocycles. The van der Waals surface area contributed by atoms with Gasteiger partial charge in [-0.3, -0.25) is 4.98 Å². The van der Waals surface area contributed by atoms with Crippen LogP contribution in [0.25, 0.3) is 0 Å². The van der Waals surface area contributed by atoms with E-state index in [0.29, 0.717) is 6.10 Å². The molecule has 0 bridgehead atoms. The van der Waals surface area contributed by atoms with Gasteiger partial charge in [0, 0.05) is 11.8 Å².